The van der Waals surface area contributed by atoms with E-state index in [0.29, 0.717) is 6.10 Å². The van der Waals surface area contributed by atoms with Crippen molar-refractivity contribution in [1.82, 2.24) is 0 Å². The zero-order chi connectivity index (χ0) is 10.8. The summed E-state index contributed by atoms with van der Waals surface area (Å²) >= 11 is 15.0. The second-order valence-electron chi connectivity index (χ2n) is 3.61. The van der Waals surface area contributed by atoms with Gasteiger partial charge in [-0.05, 0) is 57.2 Å². The molecule has 2 heterocycles. The summed E-state index contributed by atoms with van der Waals surface area (Å²) in [5.41, 5.74) is 0. The lowest BCUT2D eigenvalue weighted by Gasteiger charge is -2.12. The van der Waals surface area contributed by atoms with E-state index in [1.807, 2.05) is 0 Å². The summed E-state index contributed by atoms with van der Waals surface area (Å²) in [5, 5.41) is 0.0701. The minimum Gasteiger partial charge on any atom is -0.378 e. The van der Waals surface area contributed by atoms with Crippen molar-refractivity contribution in [2.45, 2.75) is 30.7 Å². The largest absolute Gasteiger partial charge is 0.378 e. The number of ether oxygens (including phenoxy) is 1. The van der Waals surface area contributed by atoms with Gasteiger partial charge in [0.2, 0.25) is 0 Å². The second kappa shape index (κ2) is 5.50. The Morgan fingerprint density at radius 3 is 2.93 bits per heavy atom. The lowest BCUT2D eigenvalue weighted by molar-refractivity contribution is 0.103. The minimum absolute atomic E-state index is 0.0701. The van der Waals surface area contributed by atoms with Crippen molar-refractivity contribution in [2.24, 2.45) is 0 Å². The molecule has 0 spiro atoms. The Labute approximate surface area is 115 Å². The van der Waals surface area contributed by atoms with Gasteiger partial charge in [-0.2, -0.15) is 0 Å². The van der Waals surface area contributed by atoms with Crippen molar-refractivity contribution < 1.29 is 4.74 Å². The zero-order valence-corrected chi connectivity index (χ0v) is 12.8. The van der Waals surface area contributed by atoms with Crippen LogP contribution in [-0.2, 0) is 4.74 Å². The molecule has 5 heteroatoms. The van der Waals surface area contributed by atoms with Gasteiger partial charge in [0.05, 0.1) is 15.3 Å². The average molecular weight is 375 g/mol. The molecule has 1 aromatic heterocycles. The first kappa shape index (κ1) is 12.4. The van der Waals surface area contributed by atoms with Gasteiger partial charge < -0.3 is 4.74 Å². The van der Waals surface area contributed by atoms with Gasteiger partial charge in [0, 0.05) is 16.0 Å². The molecule has 0 aliphatic carbocycles. The lowest BCUT2D eigenvalue weighted by atomic mass is 10.1. The van der Waals surface area contributed by atoms with Crippen molar-refractivity contribution in [3.8, 4) is 0 Å². The Hall–Kier alpha value is 0.910. The van der Waals surface area contributed by atoms with E-state index in [-0.39, 0.29) is 5.38 Å². The summed E-state index contributed by atoms with van der Waals surface area (Å²) in [5.74, 6) is 0. The molecule has 1 aliphatic rings. The smallest absolute Gasteiger partial charge is 0.0843 e. The highest BCUT2D eigenvalue weighted by Crippen LogP contribution is 2.40. The summed E-state index contributed by atoms with van der Waals surface area (Å²) in [6.07, 6.45) is 3.59. The van der Waals surface area contributed by atoms with Gasteiger partial charge in [-0.3, -0.25) is 0 Å². The predicted octanol–water partition coefficient (Wildman–Crippen LogP) is 5.12. The normalized spacial score (nSPS) is 23.3. The fraction of sp³-hybridized carbons (Fsp3) is 0.600. The molecule has 0 bridgehead atoms. The highest BCUT2D eigenvalue weighted by atomic mass is 79.9. The first-order valence-corrected chi connectivity index (χ1v) is 7.71. The van der Waals surface area contributed by atoms with E-state index in [2.05, 4.69) is 37.9 Å². The van der Waals surface area contributed by atoms with Gasteiger partial charge >= 0.3 is 0 Å². The third-order valence-corrected chi connectivity index (χ3v) is 6.38. The van der Waals surface area contributed by atoms with Gasteiger partial charge in [-0.15, -0.1) is 22.9 Å². The minimum atomic E-state index is 0.0701. The third-order valence-electron chi connectivity index (χ3n) is 2.47. The van der Waals surface area contributed by atoms with Gasteiger partial charge in [0.1, 0.15) is 0 Å². The van der Waals surface area contributed by atoms with Gasteiger partial charge in [0.15, 0.2) is 0 Å². The fourth-order valence-corrected chi connectivity index (χ4v) is 4.17. The molecule has 2 rings (SSSR count). The van der Waals surface area contributed by atoms with E-state index in [1.165, 1.54) is 11.3 Å². The molecule has 2 unspecified atom stereocenters. The maximum atomic E-state index is 6.36. The Morgan fingerprint density at radius 1 is 1.60 bits per heavy atom. The number of hydrogen-bond acceptors (Lipinski definition) is 2. The van der Waals surface area contributed by atoms with E-state index in [4.69, 9.17) is 16.3 Å². The first-order valence-electron chi connectivity index (χ1n) is 4.87. The van der Waals surface area contributed by atoms with Crippen molar-refractivity contribution in [2.75, 3.05) is 6.61 Å². The molecular weight excluding hydrogens is 363 g/mol. The number of rotatable bonds is 3. The molecule has 1 saturated heterocycles. The van der Waals surface area contributed by atoms with Gasteiger partial charge in [-0.25, -0.2) is 0 Å². The van der Waals surface area contributed by atoms with Crippen LogP contribution >= 0.6 is 54.8 Å². The van der Waals surface area contributed by atoms with Crippen molar-refractivity contribution in [1.29, 1.82) is 0 Å². The van der Waals surface area contributed by atoms with E-state index < -0.39 is 0 Å². The number of hydrogen-bond donors (Lipinski definition) is 0. The van der Waals surface area contributed by atoms with Crippen LogP contribution in [0.2, 0.25) is 0 Å². The molecule has 15 heavy (non-hydrogen) atoms. The first-order chi connectivity index (χ1) is 7.16. The van der Waals surface area contributed by atoms with Crippen LogP contribution in [0.25, 0.3) is 0 Å². The zero-order valence-electron chi connectivity index (χ0n) is 8.01. The monoisotopic (exact) mass is 372 g/mol. The summed E-state index contributed by atoms with van der Waals surface area (Å²) in [7, 11) is 0. The molecule has 84 valence electrons. The second-order valence-corrected chi connectivity index (χ2v) is 7.39. The molecule has 1 nitrogen and oxygen atoms in total. The molecule has 2 atom stereocenters. The molecule has 1 aromatic rings. The molecule has 0 radical (unpaired) electrons. The van der Waals surface area contributed by atoms with Crippen LogP contribution in [-0.4, -0.2) is 12.7 Å². The lowest BCUT2D eigenvalue weighted by Crippen LogP contribution is -2.07. The molecule has 1 fully saturated rings. The fourth-order valence-electron chi connectivity index (χ4n) is 1.69. The quantitative estimate of drug-likeness (QED) is 0.667. The highest BCUT2D eigenvalue weighted by Gasteiger charge is 2.22. The van der Waals surface area contributed by atoms with E-state index in [9.17, 15) is 0 Å². The Bertz CT molecular complexity index is 317. The number of thiophene rings is 1. The van der Waals surface area contributed by atoms with Gasteiger partial charge in [0.25, 0.3) is 0 Å². The molecule has 0 amide bonds. The van der Waals surface area contributed by atoms with Crippen LogP contribution in [0, 0.1) is 0 Å². The Balaban J connectivity index is 1.97. The topological polar surface area (TPSA) is 9.23 Å². The van der Waals surface area contributed by atoms with Gasteiger partial charge in [-0.1, -0.05) is 0 Å². The standard InChI is InChI=1S/C10H11Br2ClOS/c11-7-5-9(15-10(7)12)8(13)4-6-2-1-3-14-6/h5-6,8H,1-4H2. The molecule has 0 aromatic carbocycles. The van der Waals surface area contributed by atoms with Crippen LogP contribution in [0.4, 0.5) is 0 Å². The molecule has 1 aliphatic heterocycles. The molecule has 0 N–H and O–H groups in total. The maximum absolute atomic E-state index is 6.36. The summed E-state index contributed by atoms with van der Waals surface area (Å²) in [6, 6.07) is 2.08. The Morgan fingerprint density at radius 2 is 2.40 bits per heavy atom. The van der Waals surface area contributed by atoms with Crippen LogP contribution < -0.4 is 0 Å². The van der Waals surface area contributed by atoms with E-state index >= 15 is 0 Å². The maximum Gasteiger partial charge on any atom is 0.0843 e. The summed E-state index contributed by atoms with van der Waals surface area (Å²) in [6.45, 7) is 0.895. The predicted molar refractivity (Wildman–Crippen MR) is 71.9 cm³/mol. The average Bonchev–Trinajstić information content (AvgIpc) is 2.78. The van der Waals surface area contributed by atoms with Crippen LogP contribution in [0.15, 0.2) is 14.3 Å². The van der Waals surface area contributed by atoms with E-state index in [1.54, 1.807) is 11.3 Å². The Kier molecular flexibility index (Phi) is 4.53. The number of alkyl halides is 1. The van der Waals surface area contributed by atoms with Crippen molar-refractivity contribution in [3.63, 3.8) is 0 Å². The SMILES string of the molecule is ClC(CC1CCCO1)c1cc(Br)c(Br)s1. The molecule has 0 saturated carbocycles. The number of halogens is 3. The highest BCUT2D eigenvalue weighted by molar-refractivity contribution is 9.13. The molecular formula is C10H11Br2ClOS. The van der Waals surface area contributed by atoms with Crippen molar-refractivity contribution >= 4 is 54.8 Å². The summed E-state index contributed by atoms with van der Waals surface area (Å²) < 4.78 is 7.77. The van der Waals surface area contributed by atoms with Crippen LogP contribution in [0.1, 0.15) is 29.5 Å². The third kappa shape index (κ3) is 3.19. The van der Waals surface area contributed by atoms with Crippen LogP contribution in [0.3, 0.4) is 0 Å². The van der Waals surface area contributed by atoms with Crippen molar-refractivity contribution in [3.05, 3.63) is 19.2 Å². The summed E-state index contributed by atoms with van der Waals surface area (Å²) in [4.78, 5) is 1.20. The van der Waals surface area contributed by atoms with Crippen LogP contribution in [0.5, 0.6) is 0 Å². The van der Waals surface area contributed by atoms with E-state index in [0.717, 1.165) is 27.7 Å².